The van der Waals surface area contributed by atoms with Crippen molar-refractivity contribution in [3.8, 4) is 5.75 Å². The second-order valence-corrected chi connectivity index (χ2v) is 8.56. The van der Waals surface area contributed by atoms with E-state index < -0.39 is 0 Å². The smallest absolute Gasteiger partial charge is 0.240 e. The minimum absolute atomic E-state index is 0.0785. The van der Waals surface area contributed by atoms with E-state index in [0.29, 0.717) is 6.42 Å². The van der Waals surface area contributed by atoms with Crippen molar-refractivity contribution in [1.82, 2.24) is 5.43 Å². The van der Waals surface area contributed by atoms with E-state index in [9.17, 15) is 4.79 Å². The summed E-state index contributed by atoms with van der Waals surface area (Å²) in [6.45, 7) is 1.92. The predicted molar refractivity (Wildman–Crippen MR) is 98.6 cm³/mol. The van der Waals surface area contributed by atoms with Gasteiger partial charge in [-0.05, 0) is 98.4 Å². The van der Waals surface area contributed by atoms with Crippen molar-refractivity contribution in [2.24, 2.45) is 28.3 Å². The van der Waals surface area contributed by atoms with Gasteiger partial charge in [-0.2, -0.15) is 5.10 Å². The van der Waals surface area contributed by atoms with E-state index >= 15 is 0 Å². The number of hydrazone groups is 1. The molecule has 0 heterocycles. The second-order valence-electron chi connectivity index (χ2n) is 8.56. The van der Waals surface area contributed by atoms with Gasteiger partial charge >= 0.3 is 0 Å². The quantitative estimate of drug-likeness (QED) is 0.647. The van der Waals surface area contributed by atoms with Gasteiger partial charge in [-0.15, -0.1) is 0 Å². The minimum atomic E-state index is 0.0785. The fourth-order valence-electron chi connectivity index (χ4n) is 5.93. The third-order valence-electron chi connectivity index (χ3n) is 6.56. The number of carbonyl (C=O) groups excluding carboxylic acids is 1. The van der Waals surface area contributed by atoms with Gasteiger partial charge < -0.3 is 4.74 Å². The molecule has 0 aliphatic heterocycles. The van der Waals surface area contributed by atoms with Crippen LogP contribution in [0, 0.1) is 23.2 Å². The standard InChI is InChI=1S/C21H28N2O2/c1-14(18-3-5-19(25-2)6-4-18)22-23-20(24)13-21-10-15-7-16(11-21)9-17(8-15)12-21/h3-6,15-17H,7-13H2,1-2H3,(H,23,24)/b22-14-. The maximum Gasteiger partial charge on any atom is 0.240 e. The summed E-state index contributed by atoms with van der Waals surface area (Å²) in [5.74, 6) is 3.54. The van der Waals surface area contributed by atoms with E-state index in [-0.39, 0.29) is 11.3 Å². The van der Waals surface area contributed by atoms with Crippen LogP contribution >= 0.6 is 0 Å². The molecule has 0 atom stereocenters. The summed E-state index contributed by atoms with van der Waals surface area (Å²) in [6.07, 6.45) is 8.66. The van der Waals surface area contributed by atoms with Crippen LogP contribution in [0.2, 0.25) is 0 Å². The summed E-state index contributed by atoms with van der Waals surface area (Å²) >= 11 is 0. The van der Waals surface area contributed by atoms with Gasteiger partial charge in [0.2, 0.25) is 5.91 Å². The average molecular weight is 340 g/mol. The highest BCUT2D eigenvalue weighted by molar-refractivity contribution is 5.99. The van der Waals surface area contributed by atoms with Gasteiger partial charge in [-0.3, -0.25) is 4.79 Å². The van der Waals surface area contributed by atoms with Gasteiger partial charge in [0.25, 0.3) is 0 Å². The van der Waals surface area contributed by atoms with E-state index in [2.05, 4.69) is 10.5 Å². The monoisotopic (exact) mass is 340 g/mol. The molecular weight excluding hydrogens is 312 g/mol. The Labute approximate surface area is 150 Å². The summed E-state index contributed by atoms with van der Waals surface area (Å²) in [5, 5.41) is 4.32. The predicted octanol–water partition coefficient (Wildman–Crippen LogP) is 4.14. The highest BCUT2D eigenvalue weighted by Gasteiger charge is 2.51. The van der Waals surface area contributed by atoms with Gasteiger partial charge in [0.15, 0.2) is 0 Å². The molecule has 25 heavy (non-hydrogen) atoms. The van der Waals surface area contributed by atoms with Gasteiger partial charge in [0, 0.05) is 6.42 Å². The van der Waals surface area contributed by atoms with E-state index in [4.69, 9.17) is 4.74 Å². The fourth-order valence-corrected chi connectivity index (χ4v) is 5.93. The molecule has 4 heteroatoms. The number of ether oxygens (including phenoxy) is 1. The lowest BCUT2D eigenvalue weighted by Gasteiger charge is -2.56. The molecule has 1 N–H and O–H groups in total. The van der Waals surface area contributed by atoms with Crippen LogP contribution in [0.4, 0.5) is 0 Å². The van der Waals surface area contributed by atoms with E-state index in [0.717, 1.165) is 34.8 Å². The lowest BCUT2D eigenvalue weighted by atomic mass is 9.49. The van der Waals surface area contributed by atoms with Crippen LogP contribution in [0.1, 0.15) is 57.4 Å². The molecule has 1 amide bonds. The number of methoxy groups -OCH3 is 1. The highest BCUT2D eigenvalue weighted by atomic mass is 16.5. The molecule has 0 spiro atoms. The third kappa shape index (κ3) is 3.44. The van der Waals surface area contributed by atoms with Crippen molar-refractivity contribution < 1.29 is 9.53 Å². The summed E-state index contributed by atoms with van der Waals surface area (Å²) in [4.78, 5) is 12.5. The van der Waals surface area contributed by atoms with Crippen molar-refractivity contribution in [2.45, 2.75) is 51.9 Å². The molecule has 0 saturated heterocycles. The first-order chi connectivity index (χ1) is 12.0. The number of carbonyl (C=O) groups is 1. The largest absolute Gasteiger partial charge is 0.497 e. The SMILES string of the molecule is COc1ccc(/C(C)=N\NC(=O)CC23CC4CC(CC(C4)C2)C3)cc1. The van der Waals surface area contributed by atoms with Crippen molar-refractivity contribution in [3.63, 3.8) is 0 Å². The first-order valence-electron chi connectivity index (χ1n) is 9.53. The van der Waals surface area contributed by atoms with Crippen LogP contribution in [0.25, 0.3) is 0 Å². The fraction of sp³-hybridized carbons (Fsp3) is 0.619. The van der Waals surface area contributed by atoms with Crippen molar-refractivity contribution in [3.05, 3.63) is 29.8 Å². The zero-order valence-electron chi connectivity index (χ0n) is 15.3. The number of benzene rings is 1. The topological polar surface area (TPSA) is 50.7 Å². The summed E-state index contributed by atoms with van der Waals surface area (Å²) in [6, 6.07) is 7.74. The van der Waals surface area contributed by atoms with Crippen LogP contribution in [-0.4, -0.2) is 18.7 Å². The van der Waals surface area contributed by atoms with Gasteiger partial charge in [-0.25, -0.2) is 5.43 Å². The van der Waals surface area contributed by atoms with Crippen molar-refractivity contribution in [2.75, 3.05) is 7.11 Å². The van der Waals surface area contributed by atoms with Crippen LogP contribution in [0.3, 0.4) is 0 Å². The van der Waals surface area contributed by atoms with Crippen LogP contribution in [0.15, 0.2) is 29.4 Å². The summed E-state index contributed by atoms with van der Waals surface area (Å²) < 4.78 is 5.17. The number of nitrogens with one attached hydrogen (secondary N) is 1. The average Bonchev–Trinajstić information content (AvgIpc) is 2.58. The molecule has 4 aliphatic rings. The Kier molecular flexibility index (Phi) is 4.30. The third-order valence-corrected chi connectivity index (χ3v) is 6.56. The normalized spacial score (nSPS) is 33.4. The molecule has 5 rings (SSSR count). The number of amides is 1. The van der Waals surface area contributed by atoms with Crippen LogP contribution in [0.5, 0.6) is 5.75 Å². The Morgan fingerprint density at radius 3 is 2.20 bits per heavy atom. The molecule has 4 aliphatic carbocycles. The second kappa shape index (κ2) is 6.47. The molecular formula is C21H28N2O2. The first-order valence-corrected chi connectivity index (χ1v) is 9.53. The molecule has 4 nitrogen and oxygen atoms in total. The molecule has 0 unspecified atom stereocenters. The Morgan fingerprint density at radius 2 is 1.68 bits per heavy atom. The zero-order valence-corrected chi connectivity index (χ0v) is 15.3. The maximum atomic E-state index is 12.5. The molecule has 4 fully saturated rings. The Bertz CT molecular complexity index is 642. The van der Waals surface area contributed by atoms with Crippen molar-refractivity contribution >= 4 is 11.6 Å². The first kappa shape index (κ1) is 16.6. The molecule has 4 bridgehead atoms. The molecule has 1 aromatic rings. The minimum Gasteiger partial charge on any atom is -0.497 e. The van der Waals surface area contributed by atoms with Crippen LogP contribution in [-0.2, 0) is 4.79 Å². The molecule has 0 aromatic heterocycles. The summed E-state index contributed by atoms with van der Waals surface area (Å²) in [7, 11) is 1.65. The molecule has 4 saturated carbocycles. The number of nitrogens with zero attached hydrogens (tertiary/aromatic N) is 1. The molecule has 1 aromatic carbocycles. The number of hydrogen-bond donors (Lipinski definition) is 1. The number of hydrogen-bond acceptors (Lipinski definition) is 3. The Balaban J connectivity index is 1.37. The zero-order chi connectivity index (χ0) is 17.4. The Morgan fingerprint density at radius 1 is 1.12 bits per heavy atom. The van der Waals surface area contributed by atoms with Gasteiger partial charge in [0.05, 0.1) is 12.8 Å². The van der Waals surface area contributed by atoms with E-state index in [1.807, 2.05) is 31.2 Å². The van der Waals surface area contributed by atoms with Gasteiger partial charge in [-0.1, -0.05) is 0 Å². The van der Waals surface area contributed by atoms with Gasteiger partial charge in [0.1, 0.15) is 5.75 Å². The molecule has 0 radical (unpaired) electrons. The maximum absolute atomic E-state index is 12.5. The summed E-state index contributed by atoms with van der Waals surface area (Å²) in [5.41, 5.74) is 4.89. The van der Waals surface area contributed by atoms with E-state index in [1.165, 1.54) is 38.5 Å². The molecule has 134 valence electrons. The van der Waals surface area contributed by atoms with E-state index in [1.54, 1.807) is 7.11 Å². The highest BCUT2D eigenvalue weighted by Crippen LogP contribution is 2.61. The van der Waals surface area contributed by atoms with Crippen LogP contribution < -0.4 is 10.2 Å². The lowest BCUT2D eigenvalue weighted by Crippen LogP contribution is -2.47. The number of rotatable bonds is 5. The Hall–Kier alpha value is -1.84. The van der Waals surface area contributed by atoms with Crippen molar-refractivity contribution in [1.29, 1.82) is 0 Å². The lowest BCUT2D eigenvalue weighted by molar-refractivity contribution is -0.129.